The highest BCUT2D eigenvalue weighted by Gasteiger charge is 2.28. The number of aromatic nitrogens is 2. The van der Waals surface area contributed by atoms with E-state index in [9.17, 15) is 4.79 Å². The Morgan fingerprint density at radius 3 is 2.57 bits per heavy atom. The lowest BCUT2D eigenvalue weighted by atomic mass is 9.95. The molecule has 0 aliphatic carbocycles. The summed E-state index contributed by atoms with van der Waals surface area (Å²) in [5, 5.41) is 7.30. The molecule has 1 atom stereocenters. The van der Waals surface area contributed by atoms with E-state index in [0.29, 0.717) is 44.6 Å². The molecule has 1 N–H and O–H groups in total. The number of piperidine rings is 1. The van der Waals surface area contributed by atoms with E-state index in [0.717, 1.165) is 24.8 Å². The maximum absolute atomic E-state index is 15.1. The van der Waals surface area contributed by atoms with E-state index < -0.39 is 11.6 Å². The molecule has 6 nitrogen and oxygen atoms in total. The largest absolute Gasteiger partial charge is 0.369 e. The maximum atomic E-state index is 15.1. The average molecular weight is 481 g/mol. The molecule has 1 unspecified atom stereocenters. The van der Waals surface area contributed by atoms with E-state index in [-0.39, 0.29) is 29.3 Å². The van der Waals surface area contributed by atoms with Gasteiger partial charge in [-0.3, -0.25) is 4.79 Å². The molecule has 1 aromatic heterocycles. The summed E-state index contributed by atoms with van der Waals surface area (Å²) in [6.07, 6.45) is 7.25. The SMILES string of the molecule is O=C(NCc1ccccc1)C1CCN(c2ccc(-c3cnn(C4CCCCO4)c3)c(F)c2F)CC1. The summed E-state index contributed by atoms with van der Waals surface area (Å²) >= 11 is 0. The molecule has 0 saturated carbocycles. The van der Waals surface area contributed by atoms with Crippen LogP contribution in [-0.4, -0.2) is 35.4 Å². The Labute approximate surface area is 203 Å². The number of nitrogens with zero attached hydrogens (tertiary/aromatic N) is 3. The van der Waals surface area contributed by atoms with Crippen LogP contribution in [0.1, 0.15) is 43.9 Å². The standard InChI is InChI=1S/C27H30F2N4O2/c28-25-22(21-17-31-33(18-21)24-8-4-5-15-35-24)9-10-23(26(25)29)32-13-11-20(12-14-32)27(34)30-16-19-6-2-1-3-7-19/h1-3,6-7,9-10,17-18,20,24H,4-5,8,11-16H2,(H,30,34). The van der Waals surface area contributed by atoms with Crippen molar-refractivity contribution in [2.75, 3.05) is 24.6 Å². The molecule has 2 aliphatic rings. The van der Waals surface area contributed by atoms with E-state index in [2.05, 4.69) is 10.4 Å². The monoisotopic (exact) mass is 480 g/mol. The van der Waals surface area contributed by atoms with Crippen LogP contribution in [0.15, 0.2) is 54.9 Å². The molecule has 2 fully saturated rings. The second kappa shape index (κ2) is 10.6. The van der Waals surface area contributed by atoms with Gasteiger partial charge in [0.05, 0.1) is 11.9 Å². The summed E-state index contributed by atoms with van der Waals surface area (Å²) in [6, 6.07) is 13.0. The molecule has 2 saturated heterocycles. The first-order valence-electron chi connectivity index (χ1n) is 12.3. The maximum Gasteiger partial charge on any atom is 0.223 e. The van der Waals surface area contributed by atoms with Crippen molar-refractivity contribution in [3.05, 3.63) is 72.1 Å². The van der Waals surface area contributed by atoms with Crippen molar-refractivity contribution in [1.82, 2.24) is 15.1 Å². The minimum absolute atomic E-state index is 0.00876. The van der Waals surface area contributed by atoms with Crippen LogP contribution in [0.5, 0.6) is 0 Å². The fraction of sp³-hybridized carbons (Fsp3) is 0.407. The fourth-order valence-electron chi connectivity index (χ4n) is 4.89. The molecule has 1 amide bonds. The Hall–Kier alpha value is -3.26. The highest BCUT2D eigenvalue weighted by atomic mass is 19.2. The number of rotatable bonds is 6. The van der Waals surface area contributed by atoms with Gasteiger partial charge < -0.3 is 15.0 Å². The molecule has 35 heavy (non-hydrogen) atoms. The van der Waals surface area contributed by atoms with Gasteiger partial charge in [0.25, 0.3) is 0 Å². The quantitative estimate of drug-likeness (QED) is 0.536. The summed E-state index contributed by atoms with van der Waals surface area (Å²) < 4.78 is 37.6. The minimum atomic E-state index is -0.880. The number of benzene rings is 2. The van der Waals surface area contributed by atoms with Crippen molar-refractivity contribution in [3.8, 4) is 11.1 Å². The number of anilines is 1. The van der Waals surface area contributed by atoms with Gasteiger partial charge in [0.15, 0.2) is 11.6 Å². The Balaban J connectivity index is 1.21. The number of halogens is 2. The first-order valence-corrected chi connectivity index (χ1v) is 12.3. The summed E-state index contributed by atoms with van der Waals surface area (Å²) in [4.78, 5) is 14.4. The zero-order valence-electron chi connectivity index (χ0n) is 19.6. The molecule has 3 heterocycles. The second-order valence-electron chi connectivity index (χ2n) is 9.26. The van der Waals surface area contributed by atoms with Gasteiger partial charge in [0.2, 0.25) is 5.91 Å². The summed E-state index contributed by atoms with van der Waals surface area (Å²) in [7, 11) is 0. The molecule has 5 rings (SSSR count). The second-order valence-corrected chi connectivity index (χ2v) is 9.26. The van der Waals surface area contributed by atoms with E-state index in [4.69, 9.17) is 4.74 Å². The first-order chi connectivity index (χ1) is 17.1. The predicted octanol–water partition coefficient (Wildman–Crippen LogP) is 5.06. The van der Waals surface area contributed by atoms with Gasteiger partial charge in [-0.15, -0.1) is 0 Å². The van der Waals surface area contributed by atoms with Gasteiger partial charge in [-0.2, -0.15) is 5.10 Å². The van der Waals surface area contributed by atoms with Gasteiger partial charge in [-0.25, -0.2) is 13.5 Å². The Morgan fingerprint density at radius 1 is 1.03 bits per heavy atom. The normalized spacial score (nSPS) is 19.0. The molecule has 3 aromatic rings. The van der Waals surface area contributed by atoms with Crippen LogP contribution in [0.4, 0.5) is 14.5 Å². The number of nitrogens with one attached hydrogen (secondary N) is 1. The number of hydrogen-bond acceptors (Lipinski definition) is 4. The van der Waals surface area contributed by atoms with Crippen LogP contribution < -0.4 is 10.2 Å². The molecule has 0 bridgehead atoms. The van der Waals surface area contributed by atoms with Crippen molar-refractivity contribution in [2.24, 2.45) is 5.92 Å². The summed E-state index contributed by atoms with van der Waals surface area (Å²) in [6.45, 7) is 2.17. The predicted molar refractivity (Wildman–Crippen MR) is 130 cm³/mol. The van der Waals surface area contributed by atoms with Gasteiger partial charge in [-0.05, 0) is 49.8 Å². The molecule has 0 radical (unpaired) electrons. The zero-order chi connectivity index (χ0) is 24.2. The summed E-state index contributed by atoms with van der Waals surface area (Å²) in [5.74, 6) is -1.87. The van der Waals surface area contributed by atoms with Crippen LogP contribution >= 0.6 is 0 Å². The Morgan fingerprint density at radius 2 is 1.83 bits per heavy atom. The number of ether oxygens (including phenoxy) is 1. The van der Waals surface area contributed by atoms with Crippen molar-refractivity contribution in [1.29, 1.82) is 0 Å². The third-order valence-electron chi connectivity index (χ3n) is 6.94. The van der Waals surface area contributed by atoms with Gasteiger partial charge in [0, 0.05) is 49.5 Å². The Kier molecular flexibility index (Phi) is 7.08. The first kappa shape index (κ1) is 23.5. The van der Waals surface area contributed by atoms with Crippen LogP contribution in [0, 0.1) is 17.6 Å². The van der Waals surface area contributed by atoms with Gasteiger partial charge >= 0.3 is 0 Å². The molecule has 8 heteroatoms. The summed E-state index contributed by atoms with van der Waals surface area (Å²) in [5.41, 5.74) is 1.99. The molecular formula is C27H30F2N4O2. The van der Waals surface area contributed by atoms with Crippen LogP contribution in [0.3, 0.4) is 0 Å². The van der Waals surface area contributed by atoms with Crippen LogP contribution in [-0.2, 0) is 16.1 Å². The number of carbonyl (C=O) groups is 1. The molecule has 2 aliphatic heterocycles. The minimum Gasteiger partial charge on any atom is -0.369 e. The number of hydrogen-bond donors (Lipinski definition) is 1. The van der Waals surface area contributed by atoms with E-state index >= 15 is 8.78 Å². The average Bonchev–Trinajstić information content (AvgIpc) is 3.40. The van der Waals surface area contributed by atoms with Crippen molar-refractivity contribution < 1.29 is 18.3 Å². The molecule has 0 spiro atoms. The molecular weight excluding hydrogens is 450 g/mol. The van der Waals surface area contributed by atoms with Gasteiger partial charge in [0.1, 0.15) is 6.23 Å². The third kappa shape index (κ3) is 5.22. The van der Waals surface area contributed by atoms with Crippen molar-refractivity contribution in [2.45, 2.75) is 44.9 Å². The number of amides is 1. The lowest BCUT2D eigenvalue weighted by Gasteiger charge is -2.33. The molecule has 2 aromatic carbocycles. The zero-order valence-corrected chi connectivity index (χ0v) is 19.6. The number of carbonyl (C=O) groups excluding carboxylic acids is 1. The lowest BCUT2D eigenvalue weighted by molar-refractivity contribution is -0.125. The van der Waals surface area contributed by atoms with Gasteiger partial charge in [-0.1, -0.05) is 30.3 Å². The Bertz CT molecular complexity index is 1150. The molecule has 184 valence electrons. The topological polar surface area (TPSA) is 59.4 Å². The van der Waals surface area contributed by atoms with E-state index in [1.165, 1.54) is 0 Å². The fourth-order valence-corrected chi connectivity index (χ4v) is 4.89. The van der Waals surface area contributed by atoms with Crippen molar-refractivity contribution in [3.63, 3.8) is 0 Å². The van der Waals surface area contributed by atoms with E-state index in [1.54, 1.807) is 29.2 Å². The highest BCUT2D eigenvalue weighted by molar-refractivity contribution is 5.79. The lowest BCUT2D eigenvalue weighted by Crippen LogP contribution is -2.40. The van der Waals surface area contributed by atoms with Crippen molar-refractivity contribution >= 4 is 11.6 Å². The third-order valence-corrected chi connectivity index (χ3v) is 6.94. The van der Waals surface area contributed by atoms with Crippen LogP contribution in [0.25, 0.3) is 11.1 Å². The highest BCUT2D eigenvalue weighted by Crippen LogP contribution is 2.33. The smallest absolute Gasteiger partial charge is 0.223 e. The van der Waals surface area contributed by atoms with E-state index in [1.807, 2.05) is 35.2 Å². The van der Waals surface area contributed by atoms with Crippen LogP contribution in [0.2, 0.25) is 0 Å².